The van der Waals surface area contributed by atoms with Crippen LogP contribution < -0.4 is 10.5 Å². The second kappa shape index (κ2) is 7.14. The summed E-state index contributed by atoms with van der Waals surface area (Å²) < 4.78 is 1.67. The van der Waals surface area contributed by atoms with Crippen LogP contribution in [0.25, 0.3) is 6.08 Å². The zero-order valence-electron chi connectivity index (χ0n) is 13.6. The molecule has 24 heavy (non-hydrogen) atoms. The van der Waals surface area contributed by atoms with Crippen molar-refractivity contribution in [1.82, 2.24) is 9.55 Å². The quantitative estimate of drug-likeness (QED) is 0.869. The minimum atomic E-state index is -0.117. The van der Waals surface area contributed by atoms with Crippen LogP contribution in [0.5, 0.6) is 0 Å². The Bertz CT molecular complexity index is 841. The molecule has 0 radical (unpaired) electrons. The Kier molecular flexibility index (Phi) is 4.76. The van der Waals surface area contributed by atoms with E-state index in [9.17, 15) is 10.1 Å². The predicted octanol–water partition coefficient (Wildman–Crippen LogP) is 2.80. The molecule has 0 unspecified atom stereocenters. The summed E-state index contributed by atoms with van der Waals surface area (Å²) in [6.45, 7) is 5.84. The average Bonchev–Trinajstić information content (AvgIpc) is 2.64. The average molecular weight is 320 g/mol. The maximum Gasteiger partial charge on any atom is 0.262 e. The third kappa shape index (κ3) is 3.09. The third-order valence-corrected chi connectivity index (χ3v) is 4.38. The van der Waals surface area contributed by atoms with Gasteiger partial charge in [0.15, 0.2) is 0 Å². The van der Waals surface area contributed by atoms with Crippen LogP contribution in [0.3, 0.4) is 0 Å². The highest BCUT2D eigenvalue weighted by atomic mass is 16.1. The van der Waals surface area contributed by atoms with Crippen LogP contribution in [-0.2, 0) is 6.54 Å². The van der Waals surface area contributed by atoms with Crippen molar-refractivity contribution in [3.05, 3.63) is 64.1 Å². The van der Waals surface area contributed by atoms with Crippen LogP contribution in [-0.4, -0.2) is 22.6 Å². The predicted molar refractivity (Wildman–Crippen MR) is 94.9 cm³/mol. The topological polar surface area (TPSA) is 61.9 Å². The fraction of sp³-hybridized carbons (Fsp3) is 0.316. The van der Waals surface area contributed by atoms with Crippen molar-refractivity contribution in [2.75, 3.05) is 18.0 Å². The van der Waals surface area contributed by atoms with Gasteiger partial charge in [-0.25, -0.2) is 4.98 Å². The van der Waals surface area contributed by atoms with Gasteiger partial charge in [-0.2, -0.15) is 5.26 Å². The number of nitriles is 1. The van der Waals surface area contributed by atoms with Crippen molar-refractivity contribution >= 4 is 12.0 Å². The number of benzene rings is 1. The SMILES string of the molecule is C=Cc1cnc(N2CCCCC2)n(Cc2ccccc2C#N)c1=O. The third-order valence-electron chi connectivity index (χ3n) is 4.38. The van der Waals surface area contributed by atoms with Crippen molar-refractivity contribution in [1.29, 1.82) is 5.26 Å². The fourth-order valence-electron chi connectivity index (χ4n) is 3.07. The lowest BCUT2D eigenvalue weighted by atomic mass is 10.1. The smallest absolute Gasteiger partial charge is 0.262 e. The zero-order chi connectivity index (χ0) is 16.9. The van der Waals surface area contributed by atoms with Gasteiger partial charge in [-0.05, 0) is 30.9 Å². The van der Waals surface area contributed by atoms with E-state index in [1.807, 2.05) is 18.2 Å². The van der Waals surface area contributed by atoms with Crippen molar-refractivity contribution in [2.45, 2.75) is 25.8 Å². The summed E-state index contributed by atoms with van der Waals surface area (Å²) >= 11 is 0. The molecule has 1 fully saturated rings. The summed E-state index contributed by atoms with van der Waals surface area (Å²) in [4.78, 5) is 19.5. The minimum Gasteiger partial charge on any atom is -0.342 e. The highest BCUT2D eigenvalue weighted by Crippen LogP contribution is 2.19. The fourth-order valence-corrected chi connectivity index (χ4v) is 3.07. The summed E-state index contributed by atoms with van der Waals surface area (Å²) in [6, 6.07) is 9.55. The molecule has 0 bridgehead atoms. The Morgan fingerprint density at radius 1 is 1.25 bits per heavy atom. The monoisotopic (exact) mass is 320 g/mol. The molecule has 1 aliphatic heterocycles. The summed E-state index contributed by atoms with van der Waals surface area (Å²) in [5.41, 5.74) is 1.76. The molecule has 5 nitrogen and oxygen atoms in total. The molecule has 1 saturated heterocycles. The van der Waals surface area contributed by atoms with Gasteiger partial charge in [-0.15, -0.1) is 0 Å². The van der Waals surface area contributed by atoms with Gasteiger partial charge in [0.25, 0.3) is 5.56 Å². The number of piperidine rings is 1. The lowest BCUT2D eigenvalue weighted by Gasteiger charge is -2.29. The first-order chi connectivity index (χ1) is 11.7. The van der Waals surface area contributed by atoms with Gasteiger partial charge < -0.3 is 4.90 Å². The largest absolute Gasteiger partial charge is 0.342 e. The van der Waals surface area contributed by atoms with Crippen molar-refractivity contribution in [3.8, 4) is 6.07 Å². The summed E-state index contributed by atoms with van der Waals surface area (Å²) in [6.07, 6.45) is 6.54. The molecule has 2 aromatic rings. The number of hydrogen-bond donors (Lipinski definition) is 0. The Morgan fingerprint density at radius 2 is 2.00 bits per heavy atom. The highest BCUT2D eigenvalue weighted by molar-refractivity contribution is 5.47. The maximum atomic E-state index is 12.8. The normalized spacial score (nSPS) is 14.2. The second-order valence-electron chi connectivity index (χ2n) is 5.93. The molecule has 1 aromatic carbocycles. The Balaban J connectivity index is 2.08. The zero-order valence-corrected chi connectivity index (χ0v) is 13.6. The van der Waals surface area contributed by atoms with Crippen LogP contribution in [0.1, 0.15) is 36.0 Å². The summed E-state index contributed by atoms with van der Waals surface area (Å²) in [5.74, 6) is 0.679. The first kappa shape index (κ1) is 16.0. The minimum absolute atomic E-state index is 0.117. The van der Waals surface area contributed by atoms with Gasteiger partial charge >= 0.3 is 0 Å². The van der Waals surface area contributed by atoms with Crippen molar-refractivity contribution in [2.24, 2.45) is 0 Å². The van der Waals surface area contributed by atoms with Crippen LogP contribution >= 0.6 is 0 Å². The van der Waals surface area contributed by atoms with E-state index in [1.165, 1.54) is 12.5 Å². The standard InChI is InChI=1S/C19H20N4O/c1-2-15-13-21-19(22-10-6-3-7-11-22)23(18(15)24)14-17-9-5-4-8-16(17)12-20/h2,4-5,8-9,13H,1,3,6-7,10-11,14H2. The molecular formula is C19H20N4O. The molecule has 0 aliphatic carbocycles. The molecule has 2 heterocycles. The molecule has 1 aromatic heterocycles. The highest BCUT2D eigenvalue weighted by Gasteiger charge is 2.18. The van der Waals surface area contributed by atoms with Crippen molar-refractivity contribution < 1.29 is 0 Å². The number of anilines is 1. The molecule has 1 aliphatic rings. The molecule has 0 amide bonds. The number of hydrogen-bond acceptors (Lipinski definition) is 4. The van der Waals surface area contributed by atoms with E-state index < -0.39 is 0 Å². The van der Waals surface area contributed by atoms with E-state index in [-0.39, 0.29) is 5.56 Å². The number of rotatable bonds is 4. The van der Waals surface area contributed by atoms with Crippen LogP contribution in [0.15, 0.2) is 41.8 Å². The summed E-state index contributed by atoms with van der Waals surface area (Å²) in [5, 5.41) is 9.30. The van der Waals surface area contributed by atoms with Crippen LogP contribution in [0, 0.1) is 11.3 Å². The van der Waals surface area contributed by atoms with E-state index in [2.05, 4.69) is 22.5 Å². The lowest BCUT2D eigenvalue weighted by Crippen LogP contribution is -2.37. The Labute approximate surface area is 141 Å². The Hall–Kier alpha value is -2.87. The van der Waals surface area contributed by atoms with Crippen LogP contribution in [0.4, 0.5) is 5.95 Å². The number of aromatic nitrogens is 2. The molecular weight excluding hydrogens is 300 g/mol. The maximum absolute atomic E-state index is 12.8. The van der Waals surface area contributed by atoms with Gasteiger partial charge in [-0.1, -0.05) is 30.9 Å². The molecule has 0 saturated carbocycles. The van der Waals surface area contributed by atoms with E-state index in [4.69, 9.17) is 0 Å². The molecule has 3 rings (SSSR count). The molecule has 5 heteroatoms. The second-order valence-corrected chi connectivity index (χ2v) is 5.93. The molecule has 0 N–H and O–H groups in total. The van der Waals surface area contributed by atoms with Gasteiger partial charge in [0.1, 0.15) is 0 Å². The van der Waals surface area contributed by atoms with Crippen molar-refractivity contribution in [3.63, 3.8) is 0 Å². The van der Waals surface area contributed by atoms with E-state index in [1.54, 1.807) is 16.8 Å². The summed E-state index contributed by atoms with van der Waals surface area (Å²) in [7, 11) is 0. The lowest BCUT2D eigenvalue weighted by molar-refractivity contribution is 0.551. The van der Waals surface area contributed by atoms with E-state index in [0.29, 0.717) is 23.6 Å². The molecule has 122 valence electrons. The van der Waals surface area contributed by atoms with Gasteiger partial charge in [0.2, 0.25) is 5.95 Å². The number of nitrogens with zero attached hydrogens (tertiary/aromatic N) is 4. The van der Waals surface area contributed by atoms with E-state index in [0.717, 1.165) is 31.5 Å². The van der Waals surface area contributed by atoms with Gasteiger partial charge in [-0.3, -0.25) is 9.36 Å². The Morgan fingerprint density at radius 3 is 2.71 bits per heavy atom. The molecule has 0 atom stereocenters. The van der Waals surface area contributed by atoms with E-state index >= 15 is 0 Å². The van der Waals surface area contributed by atoms with Crippen LogP contribution in [0.2, 0.25) is 0 Å². The first-order valence-corrected chi connectivity index (χ1v) is 8.20. The molecule has 0 spiro atoms. The first-order valence-electron chi connectivity index (χ1n) is 8.20. The van der Waals surface area contributed by atoms with Gasteiger partial charge in [0.05, 0.1) is 23.7 Å². The van der Waals surface area contributed by atoms with Gasteiger partial charge in [0, 0.05) is 19.3 Å².